The summed E-state index contributed by atoms with van der Waals surface area (Å²) in [5, 5.41) is 15.0. The fourth-order valence-corrected chi connectivity index (χ4v) is 6.78. The SMILES string of the molecule is CCN(CC)S(=O)(=O)c1scc(Nc2n[s+]([O-])[nH]c2=N[C@@H](c2cc(C)c(C)o2)C(C)C)c1O. The van der Waals surface area contributed by atoms with Crippen LogP contribution in [0.3, 0.4) is 0 Å². The molecule has 0 saturated carbocycles. The van der Waals surface area contributed by atoms with Crippen LogP contribution in [0.2, 0.25) is 0 Å². The Hall–Kier alpha value is -2.19. The quantitative estimate of drug-likeness (QED) is 0.362. The highest BCUT2D eigenvalue weighted by Crippen LogP contribution is 2.40. The highest BCUT2D eigenvalue weighted by Gasteiger charge is 2.29. The predicted molar refractivity (Wildman–Crippen MR) is 128 cm³/mol. The smallest absolute Gasteiger partial charge is 0.256 e. The van der Waals surface area contributed by atoms with Crippen LogP contribution in [-0.4, -0.2) is 44.2 Å². The second-order valence-corrected chi connectivity index (χ2v) is 11.7. The zero-order valence-corrected chi connectivity index (χ0v) is 21.8. The van der Waals surface area contributed by atoms with Crippen molar-refractivity contribution in [2.45, 2.75) is 51.8 Å². The molecule has 0 amide bonds. The Kier molecular flexibility index (Phi) is 7.69. The monoisotopic (exact) mass is 515 g/mol. The average Bonchev–Trinajstić information content (AvgIpc) is 3.38. The Bertz CT molecular complexity index is 1260. The van der Waals surface area contributed by atoms with E-state index in [-0.39, 0.29) is 46.3 Å². The minimum absolute atomic E-state index is 0.0694. The van der Waals surface area contributed by atoms with Crippen molar-refractivity contribution in [2.24, 2.45) is 10.9 Å². The van der Waals surface area contributed by atoms with E-state index in [1.165, 1.54) is 9.69 Å². The summed E-state index contributed by atoms with van der Waals surface area (Å²) >= 11 is -0.860. The zero-order valence-electron chi connectivity index (χ0n) is 19.4. The first-order valence-corrected chi connectivity index (χ1v) is 13.9. The van der Waals surface area contributed by atoms with Gasteiger partial charge < -0.3 is 19.4 Å². The molecule has 0 aromatic carbocycles. The number of aryl methyl sites for hydroxylation is 2. The highest BCUT2D eigenvalue weighted by molar-refractivity contribution is 7.91. The Morgan fingerprint density at radius 2 is 2.03 bits per heavy atom. The van der Waals surface area contributed by atoms with Crippen LogP contribution in [0.4, 0.5) is 11.5 Å². The van der Waals surface area contributed by atoms with Crippen molar-refractivity contribution < 1.29 is 22.5 Å². The Labute approximate surface area is 200 Å². The molecule has 182 valence electrons. The van der Waals surface area contributed by atoms with Gasteiger partial charge in [-0.25, -0.2) is 13.4 Å². The molecule has 0 fully saturated rings. The van der Waals surface area contributed by atoms with Crippen LogP contribution < -0.4 is 10.8 Å². The summed E-state index contributed by atoms with van der Waals surface area (Å²) in [5.74, 6) is 1.27. The number of aromatic amines is 1. The maximum Gasteiger partial charge on any atom is 0.256 e. The molecule has 3 aromatic heterocycles. The molecule has 3 rings (SSSR count). The molecule has 13 heteroatoms. The van der Waals surface area contributed by atoms with Crippen molar-refractivity contribution >= 4 is 44.0 Å². The molecule has 0 aliphatic carbocycles. The Balaban J connectivity index is 2.00. The Morgan fingerprint density at radius 3 is 2.58 bits per heavy atom. The average molecular weight is 516 g/mol. The van der Waals surface area contributed by atoms with Crippen LogP contribution in [0.5, 0.6) is 5.75 Å². The van der Waals surface area contributed by atoms with Gasteiger partial charge >= 0.3 is 0 Å². The van der Waals surface area contributed by atoms with Gasteiger partial charge in [0.2, 0.25) is 11.3 Å². The summed E-state index contributed by atoms with van der Waals surface area (Å²) in [5.41, 5.74) is 1.39. The van der Waals surface area contributed by atoms with E-state index in [0.717, 1.165) is 22.7 Å². The molecule has 3 heterocycles. The molecule has 0 spiro atoms. The lowest BCUT2D eigenvalue weighted by Crippen LogP contribution is -2.30. The molecule has 0 radical (unpaired) electrons. The highest BCUT2D eigenvalue weighted by atomic mass is 32.2. The molecule has 3 N–H and O–H groups in total. The fraction of sp³-hybridized carbons (Fsp3) is 0.500. The summed E-state index contributed by atoms with van der Waals surface area (Å²) in [6.07, 6.45) is 0. The van der Waals surface area contributed by atoms with Crippen LogP contribution >= 0.6 is 22.5 Å². The molecular weight excluding hydrogens is 486 g/mol. The number of aromatic hydroxyl groups is 1. The van der Waals surface area contributed by atoms with Crippen LogP contribution in [-0.2, 0) is 10.0 Å². The molecule has 0 aliphatic rings. The van der Waals surface area contributed by atoms with E-state index in [0.29, 0.717) is 5.76 Å². The topological polar surface area (TPSA) is 147 Å². The number of aromatic nitrogens is 2. The van der Waals surface area contributed by atoms with Gasteiger partial charge in [-0.15, -0.1) is 15.7 Å². The molecule has 10 nitrogen and oxygen atoms in total. The Morgan fingerprint density at radius 1 is 1.36 bits per heavy atom. The number of nitrogens with one attached hydrogen (secondary N) is 2. The normalized spacial score (nSPS) is 14.5. The third-order valence-electron chi connectivity index (χ3n) is 5.22. The summed E-state index contributed by atoms with van der Waals surface area (Å²) < 4.78 is 51.4. The number of anilines is 2. The summed E-state index contributed by atoms with van der Waals surface area (Å²) in [4.78, 5) is 4.69. The van der Waals surface area contributed by atoms with Gasteiger partial charge in [0.15, 0.2) is 21.1 Å². The van der Waals surface area contributed by atoms with E-state index < -0.39 is 26.9 Å². The van der Waals surface area contributed by atoms with Gasteiger partial charge in [0.05, 0.1) is 5.69 Å². The van der Waals surface area contributed by atoms with Crippen molar-refractivity contribution in [2.75, 3.05) is 18.4 Å². The van der Waals surface area contributed by atoms with E-state index in [4.69, 9.17) is 4.42 Å². The number of H-pyrrole nitrogens is 1. The fourth-order valence-electron chi connectivity index (χ4n) is 3.29. The van der Waals surface area contributed by atoms with Crippen molar-refractivity contribution in [3.8, 4) is 5.75 Å². The minimum Gasteiger partial charge on any atom is -0.548 e. The first kappa shape index (κ1) is 25.4. The maximum atomic E-state index is 12.8. The van der Waals surface area contributed by atoms with Gasteiger partial charge in [-0.3, -0.25) is 0 Å². The third kappa shape index (κ3) is 5.17. The number of rotatable bonds is 9. The van der Waals surface area contributed by atoms with Crippen molar-refractivity contribution in [3.63, 3.8) is 0 Å². The molecule has 0 aliphatic heterocycles. The van der Waals surface area contributed by atoms with Crippen molar-refractivity contribution in [1.29, 1.82) is 0 Å². The number of thiophene rings is 1. The summed E-state index contributed by atoms with van der Waals surface area (Å²) in [6, 6.07) is 1.56. The van der Waals surface area contributed by atoms with E-state index >= 15 is 0 Å². The lowest BCUT2D eigenvalue weighted by Gasteiger charge is -2.17. The molecule has 0 saturated heterocycles. The van der Waals surface area contributed by atoms with E-state index in [2.05, 4.69) is 19.1 Å². The number of nitrogens with zero attached hydrogens (tertiary/aromatic N) is 3. The van der Waals surface area contributed by atoms with Crippen molar-refractivity contribution in [1.82, 2.24) is 13.1 Å². The van der Waals surface area contributed by atoms with E-state index in [1.54, 1.807) is 13.8 Å². The lowest BCUT2D eigenvalue weighted by molar-refractivity contribution is 0.387. The number of furan rings is 1. The standard InChI is InChI=1S/C20H29N5O5S3/c1-7-25(8-2)33(28,29)20-17(26)14(10-31-20)21-18-19(24-32(27)23-18)22-16(11(3)4)15-9-12(5)13(6)30-15/h9-11,16,26H,7-8H2,1-6H3,(H,21,23)(H,22,24)/t16-,32?/m1/s1. The maximum absolute atomic E-state index is 12.8. The van der Waals surface area contributed by atoms with Crippen LogP contribution in [0.25, 0.3) is 0 Å². The van der Waals surface area contributed by atoms with Crippen molar-refractivity contribution in [3.05, 3.63) is 34.0 Å². The van der Waals surface area contributed by atoms with Gasteiger partial charge in [-0.1, -0.05) is 27.7 Å². The molecule has 33 heavy (non-hydrogen) atoms. The van der Waals surface area contributed by atoms with E-state index in [9.17, 15) is 18.1 Å². The van der Waals surface area contributed by atoms with Crippen LogP contribution in [0.15, 0.2) is 25.1 Å². The largest absolute Gasteiger partial charge is 0.548 e. The van der Waals surface area contributed by atoms with Gasteiger partial charge in [0, 0.05) is 22.8 Å². The first-order valence-electron chi connectivity index (χ1n) is 10.5. The number of sulfonamides is 1. The lowest BCUT2D eigenvalue weighted by atomic mass is 10.0. The van der Waals surface area contributed by atoms with Gasteiger partial charge in [0.25, 0.3) is 10.0 Å². The molecule has 1 unspecified atom stereocenters. The molecule has 3 aromatic rings. The van der Waals surface area contributed by atoms with Gasteiger partial charge in [-0.2, -0.15) is 4.31 Å². The van der Waals surface area contributed by atoms with E-state index in [1.807, 2.05) is 33.8 Å². The number of hydrogen-bond donors (Lipinski definition) is 3. The van der Waals surface area contributed by atoms with Crippen LogP contribution in [0, 0.1) is 19.8 Å². The molecule has 0 bridgehead atoms. The minimum atomic E-state index is -3.83. The van der Waals surface area contributed by atoms with Gasteiger partial charge in [0.1, 0.15) is 17.6 Å². The predicted octanol–water partition coefficient (Wildman–Crippen LogP) is 4.19. The molecule has 2 atom stereocenters. The second-order valence-electron chi connectivity index (χ2n) is 7.85. The third-order valence-corrected chi connectivity index (χ3v) is 9.48. The summed E-state index contributed by atoms with van der Waals surface area (Å²) in [7, 11) is -3.83. The first-order chi connectivity index (χ1) is 15.5. The zero-order chi connectivity index (χ0) is 24.5. The number of hydrogen-bond acceptors (Lipinski definition) is 9. The van der Waals surface area contributed by atoms with Gasteiger partial charge in [-0.05, 0) is 31.4 Å². The van der Waals surface area contributed by atoms with Crippen LogP contribution in [0.1, 0.15) is 50.8 Å². The second kappa shape index (κ2) is 9.97. The molecular formula is C20H29N5O5S3. The summed E-state index contributed by atoms with van der Waals surface area (Å²) in [6.45, 7) is 11.9.